The number of alkyl halides is 6. The standard InChI is InChI=1S/C22H15F6N3O2/c23-21(24,25)15-8-10-16(11-9-15)31(13-18-17(22(26,27)28)7-4-12-29-18)20(33)30-19(32)14-5-2-1-3-6-14/h1-12H,13H2,(H,30,32,33). The number of halogens is 6. The van der Waals surface area contributed by atoms with Crippen molar-refractivity contribution in [3.05, 3.63) is 95.3 Å². The monoisotopic (exact) mass is 467 g/mol. The number of pyridine rings is 1. The normalized spacial score (nSPS) is 11.7. The Balaban J connectivity index is 1.96. The summed E-state index contributed by atoms with van der Waals surface area (Å²) >= 11 is 0. The predicted octanol–water partition coefficient (Wildman–Crippen LogP) is 5.68. The second kappa shape index (κ2) is 9.31. The van der Waals surface area contributed by atoms with Gasteiger partial charge in [-0.25, -0.2) is 4.79 Å². The molecular formula is C22H15F6N3O2. The van der Waals surface area contributed by atoms with Crippen molar-refractivity contribution in [2.45, 2.75) is 18.9 Å². The maximum atomic E-state index is 13.4. The molecule has 0 fully saturated rings. The summed E-state index contributed by atoms with van der Waals surface area (Å²) in [5.74, 6) is -0.838. The molecule has 0 saturated heterocycles. The van der Waals surface area contributed by atoms with Gasteiger partial charge in [0, 0.05) is 17.4 Å². The number of hydrogen-bond donors (Lipinski definition) is 1. The molecule has 0 bridgehead atoms. The van der Waals surface area contributed by atoms with E-state index in [1.165, 1.54) is 24.3 Å². The Bertz CT molecular complexity index is 1130. The maximum absolute atomic E-state index is 13.4. The van der Waals surface area contributed by atoms with E-state index in [0.717, 1.165) is 30.5 Å². The summed E-state index contributed by atoms with van der Waals surface area (Å²) in [4.78, 5) is 29.6. The van der Waals surface area contributed by atoms with Gasteiger partial charge in [0.15, 0.2) is 0 Å². The Kier molecular flexibility index (Phi) is 6.70. The molecule has 3 rings (SSSR count). The molecule has 1 aromatic heterocycles. The minimum Gasteiger partial charge on any atom is -0.288 e. The highest BCUT2D eigenvalue weighted by atomic mass is 19.4. The predicted molar refractivity (Wildman–Crippen MR) is 106 cm³/mol. The second-order valence-corrected chi connectivity index (χ2v) is 6.75. The van der Waals surface area contributed by atoms with Crippen LogP contribution in [0.4, 0.5) is 36.8 Å². The Hall–Kier alpha value is -3.89. The Morgan fingerprint density at radius 3 is 2.03 bits per heavy atom. The van der Waals surface area contributed by atoms with Gasteiger partial charge in [-0.05, 0) is 48.5 Å². The molecule has 1 heterocycles. The molecule has 0 radical (unpaired) electrons. The molecule has 1 N–H and O–H groups in total. The van der Waals surface area contributed by atoms with E-state index in [0.29, 0.717) is 17.0 Å². The zero-order valence-electron chi connectivity index (χ0n) is 16.6. The van der Waals surface area contributed by atoms with Crippen molar-refractivity contribution in [2.24, 2.45) is 0 Å². The molecule has 33 heavy (non-hydrogen) atoms. The van der Waals surface area contributed by atoms with Crippen LogP contribution in [0, 0.1) is 0 Å². The molecule has 0 spiro atoms. The third-order valence-corrected chi connectivity index (χ3v) is 4.51. The van der Waals surface area contributed by atoms with Crippen molar-refractivity contribution in [2.75, 3.05) is 4.90 Å². The number of nitrogens with one attached hydrogen (secondary N) is 1. The van der Waals surface area contributed by atoms with Crippen molar-refractivity contribution >= 4 is 17.6 Å². The van der Waals surface area contributed by atoms with Crippen LogP contribution < -0.4 is 10.2 Å². The molecule has 0 aliphatic heterocycles. The number of aromatic nitrogens is 1. The lowest BCUT2D eigenvalue weighted by molar-refractivity contribution is -0.139. The molecule has 11 heteroatoms. The number of hydrogen-bond acceptors (Lipinski definition) is 3. The second-order valence-electron chi connectivity index (χ2n) is 6.75. The average Bonchev–Trinajstić information content (AvgIpc) is 2.77. The zero-order valence-corrected chi connectivity index (χ0v) is 16.6. The summed E-state index contributed by atoms with van der Waals surface area (Å²) in [6, 6.07) is 11.4. The van der Waals surface area contributed by atoms with Gasteiger partial charge in [0.2, 0.25) is 0 Å². The molecule has 172 valence electrons. The van der Waals surface area contributed by atoms with Crippen molar-refractivity contribution in [1.82, 2.24) is 10.3 Å². The summed E-state index contributed by atoms with van der Waals surface area (Å²) in [7, 11) is 0. The number of carbonyl (C=O) groups excluding carboxylic acids is 2. The fourth-order valence-corrected chi connectivity index (χ4v) is 2.91. The van der Waals surface area contributed by atoms with Crippen LogP contribution in [-0.4, -0.2) is 16.9 Å². The van der Waals surface area contributed by atoms with E-state index in [9.17, 15) is 35.9 Å². The van der Waals surface area contributed by atoms with E-state index in [2.05, 4.69) is 4.98 Å². The van der Waals surface area contributed by atoms with Gasteiger partial charge in [-0.1, -0.05) is 18.2 Å². The zero-order chi connectivity index (χ0) is 24.2. The van der Waals surface area contributed by atoms with E-state index in [1.54, 1.807) is 6.07 Å². The number of anilines is 1. The smallest absolute Gasteiger partial charge is 0.288 e. The highest BCUT2D eigenvalue weighted by molar-refractivity contribution is 6.08. The first-order valence-corrected chi connectivity index (χ1v) is 9.33. The molecule has 0 aliphatic carbocycles. The largest absolute Gasteiger partial charge is 0.418 e. The van der Waals surface area contributed by atoms with Crippen molar-refractivity contribution in [3.63, 3.8) is 0 Å². The molecule has 2 aromatic carbocycles. The van der Waals surface area contributed by atoms with E-state index in [-0.39, 0.29) is 11.3 Å². The molecule has 0 unspecified atom stereocenters. The van der Waals surface area contributed by atoms with Crippen molar-refractivity contribution < 1.29 is 35.9 Å². The van der Waals surface area contributed by atoms with Crippen molar-refractivity contribution in [3.8, 4) is 0 Å². The Morgan fingerprint density at radius 1 is 0.818 bits per heavy atom. The average molecular weight is 467 g/mol. The molecule has 3 amide bonds. The number of benzene rings is 2. The quantitative estimate of drug-likeness (QED) is 0.503. The summed E-state index contributed by atoms with van der Waals surface area (Å²) in [5, 5.41) is 2.03. The van der Waals surface area contributed by atoms with Gasteiger partial charge >= 0.3 is 18.4 Å². The highest BCUT2D eigenvalue weighted by Crippen LogP contribution is 2.33. The van der Waals surface area contributed by atoms with Crippen LogP contribution in [0.5, 0.6) is 0 Å². The summed E-state index contributed by atoms with van der Waals surface area (Å²) < 4.78 is 78.8. The van der Waals surface area contributed by atoms with Gasteiger partial charge in [0.1, 0.15) is 0 Å². The minimum absolute atomic E-state index is 0.104. The lowest BCUT2D eigenvalue weighted by atomic mass is 10.1. The van der Waals surface area contributed by atoms with E-state index in [4.69, 9.17) is 0 Å². The topological polar surface area (TPSA) is 62.3 Å². The number of nitrogens with zero attached hydrogens (tertiary/aromatic N) is 2. The Labute approximate surface area is 183 Å². The number of imide groups is 1. The molecule has 3 aromatic rings. The molecule has 0 saturated carbocycles. The third-order valence-electron chi connectivity index (χ3n) is 4.51. The summed E-state index contributed by atoms with van der Waals surface area (Å²) in [5.41, 5.74) is -2.75. The molecule has 0 aliphatic rings. The van der Waals surface area contributed by atoms with Gasteiger partial charge in [-0.2, -0.15) is 26.3 Å². The van der Waals surface area contributed by atoms with Gasteiger partial charge in [0.25, 0.3) is 5.91 Å². The number of carbonyl (C=O) groups is 2. The lowest BCUT2D eigenvalue weighted by Crippen LogP contribution is -2.43. The summed E-state index contributed by atoms with van der Waals surface area (Å²) in [6.45, 7) is -0.755. The third kappa shape index (κ3) is 5.88. The number of rotatable bonds is 4. The van der Waals surface area contributed by atoms with Crippen LogP contribution in [-0.2, 0) is 18.9 Å². The first-order valence-electron chi connectivity index (χ1n) is 9.33. The first kappa shape index (κ1) is 23.8. The molecule has 5 nitrogen and oxygen atoms in total. The van der Waals surface area contributed by atoms with Gasteiger partial charge in [0.05, 0.1) is 23.4 Å². The van der Waals surface area contributed by atoms with Crippen LogP contribution in [0.15, 0.2) is 72.9 Å². The van der Waals surface area contributed by atoms with Gasteiger partial charge in [-0.3, -0.25) is 20.0 Å². The van der Waals surface area contributed by atoms with Gasteiger partial charge < -0.3 is 0 Å². The minimum atomic E-state index is -4.79. The van der Waals surface area contributed by atoms with E-state index >= 15 is 0 Å². The van der Waals surface area contributed by atoms with Crippen molar-refractivity contribution in [1.29, 1.82) is 0 Å². The maximum Gasteiger partial charge on any atom is 0.418 e. The fourth-order valence-electron chi connectivity index (χ4n) is 2.91. The highest BCUT2D eigenvalue weighted by Gasteiger charge is 2.35. The van der Waals surface area contributed by atoms with Crippen LogP contribution in [0.1, 0.15) is 27.2 Å². The van der Waals surface area contributed by atoms with E-state index in [1.807, 2.05) is 5.32 Å². The number of amides is 3. The van der Waals surface area contributed by atoms with Gasteiger partial charge in [-0.15, -0.1) is 0 Å². The fraction of sp³-hybridized carbons (Fsp3) is 0.136. The first-order chi connectivity index (χ1) is 15.5. The SMILES string of the molecule is O=C(NC(=O)N(Cc1ncccc1C(F)(F)F)c1ccc(C(F)(F)F)cc1)c1ccccc1. The van der Waals surface area contributed by atoms with Crippen LogP contribution in [0.25, 0.3) is 0 Å². The van der Waals surface area contributed by atoms with Crippen LogP contribution >= 0.6 is 0 Å². The molecule has 0 atom stereocenters. The van der Waals surface area contributed by atoms with E-state index < -0.39 is 47.7 Å². The lowest BCUT2D eigenvalue weighted by Gasteiger charge is -2.24. The number of urea groups is 1. The van der Waals surface area contributed by atoms with Crippen LogP contribution in [0.3, 0.4) is 0 Å². The molecular weight excluding hydrogens is 452 g/mol. The summed E-state index contributed by atoms with van der Waals surface area (Å²) in [6.07, 6.45) is -8.35. The Morgan fingerprint density at radius 2 is 1.45 bits per heavy atom. The van der Waals surface area contributed by atoms with Crippen LogP contribution in [0.2, 0.25) is 0 Å².